The van der Waals surface area contributed by atoms with E-state index in [0.29, 0.717) is 5.57 Å². The second kappa shape index (κ2) is 5.16. The highest BCUT2D eigenvalue weighted by Gasteiger charge is 2.76. The van der Waals surface area contributed by atoms with Crippen LogP contribution in [0.4, 0.5) is 0 Å². The average Bonchev–Trinajstić information content (AvgIpc) is 2.80. The van der Waals surface area contributed by atoms with Crippen molar-refractivity contribution in [2.75, 3.05) is 0 Å². The van der Waals surface area contributed by atoms with Crippen molar-refractivity contribution in [1.82, 2.24) is 0 Å². The minimum atomic E-state index is -1.46. The summed E-state index contributed by atoms with van der Waals surface area (Å²) in [7, 11) is 0. The van der Waals surface area contributed by atoms with Gasteiger partial charge >= 0.3 is 5.97 Å². The summed E-state index contributed by atoms with van der Waals surface area (Å²) in [5.74, 6) is -3.93. The van der Waals surface area contributed by atoms with Crippen LogP contribution in [0.5, 0.6) is 0 Å². The Morgan fingerprint density at radius 2 is 1.73 bits per heavy atom. The summed E-state index contributed by atoms with van der Waals surface area (Å²) in [6.45, 7) is 8.92. The Morgan fingerprint density at radius 1 is 1.12 bits per heavy atom. The lowest BCUT2D eigenvalue weighted by Gasteiger charge is -2.65. The number of aliphatic hydroxyl groups excluding tert-OH is 4. The van der Waals surface area contributed by atoms with Gasteiger partial charge in [0.25, 0.3) is 0 Å². The Kier molecular flexibility index (Phi) is 3.59. The van der Waals surface area contributed by atoms with E-state index in [1.165, 1.54) is 0 Å². The van der Waals surface area contributed by atoms with Gasteiger partial charge in [-0.05, 0) is 6.42 Å². The molecule has 4 rings (SSSR count). The Hall–Kier alpha value is -1.28. The average molecular weight is 366 g/mol. The number of hydrogen-bond donors (Lipinski definition) is 4. The molecule has 0 amide bonds. The van der Waals surface area contributed by atoms with E-state index < -0.39 is 70.9 Å². The number of ether oxygens (including phenoxy) is 1. The summed E-state index contributed by atoms with van der Waals surface area (Å²) in [5, 5.41) is 43.2. The Balaban J connectivity index is 1.97. The maximum atomic E-state index is 13.3. The summed E-state index contributed by atoms with van der Waals surface area (Å²) in [5.41, 5.74) is -2.15. The smallest absolute Gasteiger partial charge is 0.310 e. The monoisotopic (exact) mass is 366 g/mol. The zero-order chi connectivity index (χ0) is 19.3. The molecule has 26 heavy (non-hydrogen) atoms. The molecule has 3 aliphatic carbocycles. The highest BCUT2D eigenvalue weighted by Crippen LogP contribution is 2.67. The van der Waals surface area contributed by atoms with Gasteiger partial charge in [-0.3, -0.25) is 9.59 Å². The first-order chi connectivity index (χ1) is 12.0. The fraction of sp³-hybridized carbons (Fsp3) is 0.789. The normalized spacial score (nSPS) is 58.9. The van der Waals surface area contributed by atoms with E-state index in [0.717, 1.165) is 0 Å². The number of ketones is 1. The first-order valence-corrected chi connectivity index (χ1v) is 9.13. The summed E-state index contributed by atoms with van der Waals surface area (Å²) < 4.78 is 5.37. The van der Waals surface area contributed by atoms with Gasteiger partial charge in [0.2, 0.25) is 0 Å². The largest absolute Gasteiger partial charge is 0.459 e. The number of rotatable bonds is 0. The van der Waals surface area contributed by atoms with Crippen LogP contribution in [-0.2, 0) is 14.3 Å². The highest BCUT2D eigenvalue weighted by molar-refractivity contribution is 5.96. The summed E-state index contributed by atoms with van der Waals surface area (Å²) in [6, 6.07) is 0. The van der Waals surface area contributed by atoms with Crippen LogP contribution >= 0.6 is 0 Å². The maximum Gasteiger partial charge on any atom is 0.310 e. The molecule has 11 atom stereocenters. The van der Waals surface area contributed by atoms with E-state index in [-0.39, 0.29) is 12.3 Å². The van der Waals surface area contributed by atoms with Crippen LogP contribution < -0.4 is 0 Å². The predicted molar refractivity (Wildman–Crippen MR) is 88.5 cm³/mol. The first kappa shape index (κ1) is 18.1. The van der Waals surface area contributed by atoms with Crippen molar-refractivity contribution in [1.29, 1.82) is 0 Å². The standard InChI is InChI=1S/C19H26O7/c1-6-5-8(20)15(23)18(3)9(6)11(21)16(24)19(4)10-7(2)13(26-17(10)25)12(22)14(18)19/h7-15,20-23H,1,5H2,2-4H3/t7-,8+,9-,10-,11-,12+,13-,14-,15-,18+,19+/m1/s1. The maximum absolute atomic E-state index is 13.3. The molecule has 144 valence electrons. The SMILES string of the molecule is C=C1C[C@H](O)[C@@H](O)[C@@]2(C)[C@H]1[C@@H](O)C(=O)[C@@]1(C)[C@H]3C(=O)O[C@H]([C@@H]3C)[C@H](O)[C@@H]12. The van der Waals surface area contributed by atoms with Gasteiger partial charge < -0.3 is 25.2 Å². The third-order valence-electron chi connectivity index (χ3n) is 7.89. The Bertz CT molecular complexity index is 704. The second-order valence-corrected chi connectivity index (χ2v) is 9.02. The van der Waals surface area contributed by atoms with Gasteiger partial charge in [-0.15, -0.1) is 0 Å². The molecule has 0 aromatic rings. The molecule has 0 radical (unpaired) electrons. The van der Waals surface area contributed by atoms with Crippen molar-refractivity contribution in [3.63, 3.8) is 0 Å². The molecule has 3 saturated carbocycles. The number of carbonyl (C=O) groups excluding carboxylic acids is 2. The quantitative estimate of drug-likeness (QED) is 0.334. The van der Waals surface area contributed by atoms with Crippen LogP contribution in [0.2, 0.25) is 0 Å². The van der Waals surface area contributed by atoms with E-state index in [1.54, 1.807) is 20.8 Å². The molecule has 4 fully saturated rings. The highest BCUT2D eigenvalue weighted by atomic mass is 16.6. The van der Waals surface area contributed by atoms with E-state index in [2.05, 4.69) is 6.58 Å². The van der Waals surface area contributed by atoms with Crippen LogP contribution in [-0.4, -0.2) is 62.7 Å². The predicted octanol–water partition coefficient (Wildman–Crippen LogP) is -0.591. The van der Waals surface area contributed by atoms with Crippen molar-refractivity contribution in [2.45, 2.75) is 57.7 Å². The molecule has 4 aliphatic rings. The molecule has 2 bridgehead atoms. The molecule has 0 aromatic heterocycles. The van der Waals surface area contributed by atoms with Gasteiger partial charge in [-0.2, -0.15) is 0 Å². The number of aliphatic hydroxyl groups is 4. The van der Waals surface area contributed by atoms with Crippen LogP contribution in [0.15, 0.2) is 12.2 Å². The molecule has 1 saturated heterocycles. The van der Waals surface area contributed by atoms with Crippen LogP contribution in [0, 0.1) is 34.5 Å². The minimum absolute atomic E-state index is 0.0734. The third kappa shape index (κ3) is 1.73. The number of fused-ring (bicyclic) bond motifs is 6. The molecule has 0 unspecified atom stereocenters. The number of esters is 1. The fourth-order valence-corrected chi connectivity index (χ4v) is 6.91. The Labute approximate surface area is 151 Å². The van der Waals surface area contributed by atoms with E-state index in [4.69, 9.17) is 4.74 Å². The summed E-state index contributed by atoms with van der Waals surface area (Å²) in [6.07, 6.45) is -5.73. The number of carbonyl (C=O) groups is 2. The van der Waals surface area contributed by atoms with E-state index in [1.807, 2.05) is 0 Å². The summed E-state index contributed by atoms with van der Waals surface area (Å²) >= 11 is 0. The molecule has 4 N–H and O–H groups in total. The van der Waals surface area contributed by atoms with Crippen LogP contribution in [0.1, 0.15) is 27.2 Å². The third-order valence-corrected chi connectivity index (χ3v) is 7.89. The molecule has 7 heteroatoms. The molecular formula is C19H26O7. The molecule has 0 aromatic carbocycles. The van der Waals surface area contributed by atoms with Gasteiger partial charge in [-0.25, -0.2) is 0 Å². The van der Waals surface area contributed by atoms with Crippen molar-refractivity contribution < 1.29 is 34.8 Å². The fourth-order valence-electron chi connectivity index (χ4n) is 6.91. The van der Waals surface area contributed by atoms with Gasteiger partial charge in [0.15, 0.2) is 5.78 Å². The number of Topliss-reactive ketones (excluding diaryl/α,β-unsaturated/α-hetero) is 1. The molecular weight excluding hydrogens is 340 g/mol. The molecule has 1 heterocycles. The zero-order valence-corrected chi connectivity index (χ0v) is 15.1. The number of hydrogen-bond acceptors (Lipinski definition) is 7. The van der Waals surface area contributed by atoms with E-state index >= 15 is 0 Å². The van der Waals surface area contributed by atoms with Crippen molar-refractivity contribution in [2.24, 2.45) is 34.5 Å². The van der Waals surface area contributed by atoms with E-state index in [9.17, 15) is 30.0 Å². The Morgan fingerprint density at radius 3 is 2.35 bits per heavy atom. The lowest BCUT2D eigenvalue weighted by molar-refractivity contribution is -0.242. The molecule has 0 spiro atoms. The zero-order valence-electron chi connectivity index (χ0n) is 15.1. The first-order valence-electron chi connectivity index (χ1n) is 9.13. The van der Waals surface area contributed by atoms with Crippen LogP contribution in [0.3, 0.4) is 0 Å². The minimum Gasteiger partial charge on any atom is -0.459 e. The lowest BCUT2D eigenvalue weighted by atomic mass is 9.39. The molecule has 1 aliphatic heterocycles. The van der Waals surface area contributed by atoms with Gasteiger partial charge in [0.1, 0.15) is 12.2 Å². The van der Waals surface area contributed by atoms with Crippen molar-refractivity contribution in [3.05, 3.63) is 12.2 Å². The van der Waals surface area contributed by atoms with Gasteiger partial charge in [0.05, 0.1) is 24.2 Å². The second-order valence-electron chi connectivity index (χ2n) is 9.02. The molecule has 7 nitrogen and oxygen atoms in total. The van der Waals surface area contributed by atoms with Crippen LogP contribution in [0.25, 0.3) is 0 Å². The van der Waals surface area contributed by atoms with Gasteiger partial charge in [-0.1, -0.05) is 32.9 Å². The topological polar surface area (TPSA) is 124 Å². The summed E-state index contributed by atoms with van der Waals surface area (Å²) in [4.78, 5) is 25.8. The van der Waals surface area contributed by atoms with Crippen molar-refractivity contribution >= 4 is 11.8 Å². The van der Waals surface area contributed by atoms with Gasteiger partial charge in [0, 0.05) is 28.6 Å². The van der Waals surface area contributed by atoms with Crippen molar-refractivity contribution in [3.8, 4) is 0 Å². The lowest BCUT2D eigenvalue weighted by Crippen LogP contribution is -2.74.